The average Bonchev–Trinajstić information content (AvgIpc) is 3.82. The van der Waals surface area contributed by atoms with E-state index < -0.39 is 35.0 Å². The lowest BCUT2D eigenvalue weighted by atomic mass is 9.63. The van der Waals surface area contributed by atoms with E-state index in [0.717, 1.165) is 43.7 Å². The lowest BCUT2D eigenvalue weighted by molar-refractivity contribution is -0.132. The van der Waals surface area contributed by atoms with Crippen molar-refractivity contribution in [2.24, 2.45) is 17.1 Å². The molecule has 0 heterocycles. The highest BCUT2D eigenvalue weighted by molar-refractivity contribution is 5.97. The summed E-state index contributed by atoms with van der Waals surface area (Å²) in [5.74, 6) is -0.968. The molecule has 8 heteroatoms. The number of hydrogen-bond acceptors (Lipinski definition) is 4. The Hall–Kier alpha value is -3.80. The number of halogens is 2. The van der Waals surface area contributed by atoms with Gasteiger partial charge in [0.05, 0.1) is 11.5 Å². The van der Waals surface area contributed by atoms with Crippen molar-refractivity contribution in [3.05, 3.63) is 94.1 Å². The predicted octanol–water partition coefficient (Wildman–Crippen LogP) is 5.34. The first kappa shape index (κ1) is 34.1. The largest absolute Gasteiger partial charge is 0.391 e. The summed E-state index contributed by atoms with van der Waals surface area (Å²) < 4.78 is 28.7. The summed E-state index contributed by atoms with van der Waals surface area (Å²) in [6, 6.07) is 11.5. The van der Waals surface area contributed by atoms with Gasteiger partial charge in [0, 0.05) is 48.3 Å². The Kier molecular flexibility index (Phi) is 11.0. The maximum absolute atomic E-state index is 14.4. The van der Waals surface area contributed by atoms with E-state index in [4.69, 9.17) is 12.2 Å². The molecule has 0 radical (unpaired) electrons. The average molecular weight is 618 g/mol. The van der Waals surface area contributed by atoms with Crippen molar-refractivity contribution in [3.8, 4) is 12.3 Å². The fourth-order valence-corrected chi connectivity index (χ4v) is 6.65. The number of aliphatic hydroxyl groups is 1. The Morgan fingerprint density at radius 1 is 1.07 bits per heavy atom. The molecular formula is C37H45F2N3O3. The van der Waals surface area contributed by atoms with E-state index in [1.807, 2.05) is 19.9 Å². The molecule has 1 unspecified atom stereocenters. The second kappa shape index (κ2) is 14.5. The molecule has 0 aliphatic heterocycles. The zero-order valence-electron chi connectivity index (χ0n) is 26.5. The molecule has 0 saturated heterocycles. The number of amides is 2. The topological polar surface area (TPSA) is 95.7 Å². The zero-order chi connectivity index (χ0) is 32.8. The molecule has 3 atom stereocenters. The summed E-state index contributed by atoms with van der Waals surface area (Å²) in [7, 11) is 0. The van der Waals surface area contributed by atoms with Crippen molar-refractivity contribution in [2.75, 3.05) is 19.6 Å². The van der Waals surface area contributed by atoms with E-state index in [9.17, 15) is 23.5 Å². The van der Waals surface area contributed by atoms with Gasteiger partial charge in [0.2, 0.25) is 11.8 Å². The number of aryl methyl sites for hydroxylation is 1. The van der Waals surface area contributed by atoms with E-state index in [2.05, 4.69) is 36.4 Å². The fourth-order valence-electron chi connectivity index (χ4n) is 6.65. The van der Waals surface area contributed by atoms with Crippen LogP contribution in [-0.4, -0.2) is 47.6 Å². The van der Waals surface area contributed by atoms with E-state index in [1.165, 1.54) is 17.7 Å². The van der Waals surface area contributed by atoms with Crippen LogP contribution >= 0.6 is 0 Å². The van der Waals surface area contributed by atoms with Crippen LogP contribution in [0.4, 0.5) is 8.78 Å². The highest BCUT2D eigenvalue weighted by Crippen LogP contribution is 2.47. The van der Waals surface area contributed by atoms with Gasteiger partial charge in [-0.05, 0) is 79.8 Å². The number of carbonyl (C=O) groups excluding carboxylic acids is 2. The molecule has 4 rings (SSSR count). The van der Waals surface area contributed by atoms with Crippen LogP contribution in [0.1, 0.15) is 69.6 Å². The van der Waals surface area contributed by atoms with Crippen molar-refractivity contribution in [3.63, 3.8) is 0 Å². The number of terminal acetylenes is 1. The van der Waals surface area contributed by atoms with Gasteiger partial charge in [0.15, 0.2) is 0 Å². The van der Waals surface area contributed by atoms with Gasteiger partial charge in [-0.1, -0.05) is 57.0 Å². The minimum atomic E-state index is -1.60. The molecule has 2 amide bonds. The Morgan fingerprint density at radius 3 is 2.29 bits per heavy atom. The Bertz CT molecular complexity index is 1480. The summed E-state index contributed by atoms with van der Waals surface area (Å²) >= 11 is 0. The summed E-state index contributed by atoms with van der Waals surface area (Å²) in [5, 5.41) is 15.5. The zero-order valence-corrected chi connectivity index (χ0v) is 26.5. The van der Waals surface area contributed by atoms with Crippen molar-refractivity contribution in [1.29, 1.82) is 0 Å². The van der Waals surface area contributed by atoms with Crippen LogP contribution in [-0.2, 0) is 28.0 Å². The third-order valence-corrected chi connectivity index (χ3v) is 9.19. The highest BCUT2D eigenvalue weighted by atomic mass is 19.1. The van der Waals surface area contributed by atoms with Gasteiger partial charge in [-0.25, -0.2) is 8.78 Å². The highest BCUT2D eigenvalue weighted by Gasteiger charge is 2.50. The molecule has 1 saturated carbocycles. The quantitative estimate of drug-likeness (QED) is 0.235. The van der Waals surface area contributed by atoms with Gasteiger partial charge in [-0.15, -0.1) is 6.42 Å². The maximum atomic E-state index is 14.4. The number of nitrogens with zero attached hydrogens (tertiary/aromatic N) is 1. The lowest BCUT2D eigenvalue weighted by Gasteiger charge is -2.42. The van der Waals surface area contributed by atoms with Gasteiger partial charge in [0.1, 0.15) is 11.6 Å². The van der Waals surface area contributed by atoms with Crippen LogP contribution in [0.15, 0.2) is 65.8 Å². The predicted molar refractivity (Wildman–Crippen MR) is 173 cm³/mol. The summed E-state index contributed by atoms with van der Waals surface area (Å²) in [4.78, 5) is 29.1. The number of nitrogens with two attached hydrogens (primary N) is 1. The van der Waals surface area contributed by atoms with Crippen LogP contribution in [0.3, 0.4) is 0 Å². The van der Waals surface area contributed by atoms with Crippen molar-refractivity contribution in [1.82, 2.24) is 10.2 Å². The minimum absolute atomic E-state index is 0.0811. The Morgan fingerprint density at radius 2 is 1.73 bits per heavy atom. The maximum Gasteiger partial charge on any atom is 0.249 e. The summed E-state index contributed by atoms with van der Waals surface area (Å²) in [6.45, 7) is 7.20. The van der Waals surface area contributed by atoms with Crippen LogP contribution in [0, 0.1) is 35.3 Å². The van der Waals surface area contributed by atoms with Crippen molar-refractivity contribution >= 4 is 11.8 Å². The number of allylic oxidation sites excluding steroid dienone is 2. The number of nitrogens with one attached hydrogen (secondary N) is 1. The van der Waals surface area contributed by atoms with Crippen LogP contribution in [0.25, 0.3) is 0 Å². The normalized spacial score (nSPS) is 19.9. The third-order valence-electron chi connectivity index (χ3n) is 9.19. The molecule has 0 aromatic heterocycles. The molecule has 4 N–H and O–H groups in total. The van der Waals surface area contributed by atoms with Gasteiger partial charge in [-0.2, -0.15) is 0 Å². The SMILES string of the molecule is C#CC1=CC(C(N)=O)([C@H](Cc2cc(F)cc(F)c2)[C@@H](O)CNC2(c3cccc(CC)c3)CC2)CC(C(=O)N(CCC)CCC)=C1. The third kappa shape index (κ3) is 7.71. The first-order valence-corrected chi connectivity index (χ1v) is 16.0. The van der Waals surface area contributed by atoms with E-state index in [1.54, 1.807) is 17.1 Å². The smallest absolute Gasteiger partial charge is 0.249 e. The van der Waals surface area contributed by atoms with Gasteiger partial charge in [-0.3, -0.25) is 9.59 Å². The Balaban J connectivity index is 1.73. The monoisotopic (exact) mass is 617 g/mol. The molecule has 6 nitrogen and oxygen atoms in total. The molecule has 45 heavy (non-hydrogen) atoms. The molecule has 1 fully saturated rings. The van der Waals surface area contributed by atoms with Crippen molar-refractivity contribution < 1.29 is 23.5 Å². The van der Waals surface area contributed by atoms with Crippen LogP contribution < -0.4 is 11.1 Å². The Labute approximate surface area is 265 Å². The molecule has 2 aromatic carbocycles. The van der Waals surface area contributed by atoms with Gasteiger partial charge < -0.3 is 21.1 Å². The van der Waals surface area contributed by atoms with Gasteiger partial charge >= 0.3 is 0 Å². The number of primary amides is 1. The van der Waals surface area contributed by atoms with Gasteiger partial charge in [0.25, 0.3) is 0 Å². The molecule has 2 aliphatic carbocycles. The number of hydrogen-bond donors (Lipinski definition) is 3. The molecule has 240 valence electrons. The fraction of sp³-hybridized carbons (Fsp3) is 0.459. The second-order valence-corrected chi connectivity index (χ2v) is 12.5. The van der Waals surface area contributed by atoms with E-state index >= 15 is 0 Å². The first-order valence-electron chi connectivity index (χ1n) is 16.0. The second-order valence-electron chi connectivity index (χ2n) is 12.5. The van der Waals surface area contributed by atoms with Crippen LogP contribution in [0.2, 0.25) is 0 Å². The van der Waals surface area contributed by atoms with Crippen LogP contribution in [0.5, 0.6) is 0 Å². The minimum Gasteiger partial charge on any atom is -0.391 e. The van der Waals surface area contributed by atoms with Crippen molar-refractivity contribution in [2.45, 2.75) is 77.4 Å². The summed E-state index contributed by atoms with van der Waals surface area (Å²) in [6.07, 6.45) is 11.8. The lowest BCUT2D eigenvalue weighted by Crippen LogP contribution is -2.52. The van der Waals surface area contributed by atoms with E-state index in [0.29, 0.717) is 24.2 Å². The number of benzene rings is 2. The molecular weight excluding hydrogens is 572 g/mol. The number of carbonyl (C=O) groups is 2. The standard InChI is InChI=1S/C37H45F2N3O3/c1-5-14-42(15-6-2)34(44)28-16-26(8-4)22-36(23-28,35(40)45)32(20-27-18-30(38)21-31(39)19-27)33(43)24-41-37(12-13-37)29-11-9-10-25(7-3)17-29/h4,9-11,16-19,21-22,32-33,41,43H,5-7,12-15,20,23-24H2,1-3H3,(H2,40,45)/t32-,33+,36?/m1/s1. The first-order chi connectivity index (χ1) is 21.5. The molecule has 0 bridgehead atoms. The molecule has 2 aromatic rings. The molecule has 0 spiro atoms. The summed E-state index contributed by atoms with van der Waals surface area (Å²) in [5.41, 5.74) is 7.43. The number of aliphatic hydroxyl groups excluding tert-OH is 1. The number of rotatable bonds is 15. The van der Waals surface area contributed by atoms with E-state index in [-0.39, 0.29) is 36.4 Å². The molecule has 2 aliphatic rings.